The Kier molecular flexibility index (Phi) is 6.71. The molecule has 0 aromatic heterocycles. The van der Waals surface area contributed by atoms with E-state index in [0.29, 0.717) is 24.8 Å². The number of halogens is 1. The average molecular weight is 410 g/mol. The van der Waals surface area contributed by atoms with Crippen LogP contribution in [0.25, 0.3) is 0 Å². The molecule has 2 aliphatic rings. The van der Waals surface area contributed by atoms with Gasteiger partial charge in [-0.2, -0.15) is 0 Å². The summed E-state index contributed by atoms with van der Waals surface area (Å²) in [6, 6.07) is 0.322. The number of hydrogen-bond acceptors (Lipinski definition) is 3. The highest BCUT2D eigenvalue weighted by Gasteiger charge is 2.41. The molecule has 21 heavy (non-hydrogen) atoms. The molecule has 7 heteroatoms. The third kappa shape index (κ3) is 4.70. The summed E-state index contributed by atoms with van der Waals surface area (Å²) in [5.41, 5.74) is 4.74. The van der Waals surface area contributed by atoms with Crippen LogP contribution >= 0.6 is 24.0 Å². The van der Waals surface area contributed by atoms with Gasteiger partial charge in [-0.1, -0.05) is 0 Å². The molecular formula is C14H27IN4O2. The van der Waals surface area contributed by atoms with Gasteiger partial charge in [0.05, 0.1) is 30.2 Å². The first-order valence-corrected chi connectivity index (χ1v) is 7.42. The quantitative estimate of drug-likeness (QED) is 0.358. The standard InChI is InChI=1S/C14H26N4O2.HI/c1-4-16-13(17-8-14(2,3)12(15)19)18-10-7-9-5-6-11(10)20-9;/h9-11H,4-8H2,1-3H3,(H2,15,19)(H2,16,17,18);1H. The number of rotatable bonds is 5. The molecule has 0 radical (unpaired) electrons. The largest absolute Gasteiger partial charge is 0.373 e. The number of ether oxygens (including phenoxy) is 1. The van der Waals surface area contributed by atoms with Crippen molar-refractivity contribution in [3.63, 3.8) is 0 Å². The summed E-state index contributed by atoms with van der Waals surface area (Å²) >= 11 is 0. The van der Waals surface area contributed by atoms with E-state index in [4.69, 9.17) is 10.5 Å². The Morgan fingerprint density at radius 3 is 2.62 bits per heavy atom. The molecule has 2 bridgehead atoms. The summed E-state index contributed by atoms with van der Waals surface area (Å²) in [6.45, 7) is 6.80. The van der Waals surface area contributed by atoms with E-state index in [1.54, 1.807) is 0 Å². The number of carbonyl (C=O) groups excluding carboxylic acids is 1. The van der Waals surface area contributed by atoms with Gasteiger partial charge in [0.2, 0.25) is 5.91 Å². The van der Waals surface area contributed by atoms with E-state index in [0.717, 1.165) is 25.3 Å². The molecule has 0 aromatic rings. The first kappa shape index (κ1) is 18.5. The molecule has 122 valence electrons. The number of nitrogens with zero attached hydrogens (tertiary/aromatic N) is 1. The van der Waals surface area contributed by atoms with Crippen molar-refractivity contribution in [2.45, 2.75) is 58.3 Å². The fraction of sp³-hybridized carbons (Fsp3) is 0.857. The average Bonchev–Trinajstić information content (AvgIpc) is 2.98. The van der Waals surface area contributed by atoms with Crippen molar-refractivity contribution in [1.29, 1.82) is 0 Å². The lowest BCUT2D eigenvalue weighted by molar-refractivity contribution is -0.125. The van der Waals surface area contributed by atoms with Crippen LogP contribution in [0.3, 0.4) is 0 Å². The van der Waals surface area contributed by atoms with Gasteiger partial charge in [-0.15, -0.1) is 24.0 Å². The monoisotopic (exact) mass is 410 g/mol. The van der Waals surface area contributed by atoms with E-state index in [1.165, 1.54) is 6.42 Å². The molecule has 2 aliphatic heterocycles. The van der Waals surface area contributed by atoms with Crippen LogP contribution in [0.4, 0.5) is 0 Å². The molecule has 2 rings (SSSR count). The van der Waals surface area contributed by atoms with Crippen LogP contribution in [0.1, 0.15) is 40.0 Å². The second-order valence-electron chi connectivity index (χ2n) is 6.30. The normalized spacial score (nSPS) is 28.1. The zero-order valence-electron chi connectivity index (χ0n) is 13.0. The fourth-order valence-electron chi connectivity index (χ4n) is 2.64. The lowest BCUT2D eigenvalue weighted by Gasteiger charge is -2.24. The van der Waals surface area contributed by atoms with Crippen molar-refractivity contribution < 1.29 is 9.53 Å². The zero-order chi connectivity index (χ0) is 14.8. The van der Waals surface area contributed by atoms with Gasteiger partial charge in [-0.05, 0) is 40.0 Å². The Labute approximate surface area is 143 Å². The first-order valence-electron chi connectivity index (χ1n) is 7.42. The third-order valence-electron chi connectivity index (χ3n) is 4.07. The zero-order valence-corrected chi connectivity index (χ0v) is 15.3. The van der Waals surface area contributed by atoms with Crippen LogP contribution in [0.5, 0.6) is 0 Å². The van der Waals surface area contributed by atoms with Crippen LogP contribution in [0.2, 0.25) is 0 Å². The molecule has 4 N–H and O–H groups in total. The van der Waals surface area contributed by atoms with E-state index < -0.39 is 5.41 Å². The number of primary amides is 1. The topological polar surface area (TPSA) is 88.7 Å². The van der Waals surface area contributed by atoms with Gasteiger partial charge in [-0.3, -0.25) is 9.79 Å². The smallest absolute Gasteiger partial charge is 0.224 e. The Morgan fingerprint density at radius 2 is 2.14 bits per heavy atom. The van der Waals surface area contributed by atoms with E-state index >= 15 is 0 Å². The molecule has 3 unspecified atom stereocenters. The number of guanidine groups is 1. The van der Waals surface area contributed by atoms with E-state index in [1.807, 2.05) is 20.8 Å². The fourth-order valence-corrected chi connectivity index (χ4v) is 2.64. The van der Waals surface area contributed by atoms with Gasteiger partial charge in [-0.25, -0.2) is 0 Å². The second kappa shape index (κ2) is 7.62. The molecule has 2 heterocycles. The molecule has 3 atom stereocenters. The maximum atomic E-state index is 11.3. The van der Waals surface area contributed by atoms with Crippen LogP contribution in [0.15, 0.2) is 4.99 Å². The molecule has 0 aromatic carbocycles. The highest BCUT2D eigenvalue weighted by molar-refractivity contribution is 14.0. The second-order valence-corrected chi connectivity index (χ2v) is 6.30. The van der Waals surface area contributed by atoms with Crippen molar-refractivity contribution in [1.82, 2.24) is 10.6 Å². The summed E-state index contributed by atoms with van der Waals surface area (Å²) < 4.78 is 5.83. The SMILES string of the molecule is CCNC(=NCC(C)(C)C(N)=O)NC1CC2CCC1O2.I. The third-order valence-corrected chi connectivity index (χ3v) is 4.07. The number of hydrogen-bond donors (Lipinski definition) is 3. The van der Waals surface area contributed by atoms with Crippen LogP contribution in [-0.4, -0.2) is 43.2 Å². The van der Waals surface area contributed by atoms with Crippen molar-refractivity contribution in [3.8, 4) is 0 Å². The molecule has 2 fully saturated rings. The van der Waals surface area contributed by atoms with Gasteiger partial charge in [0, 0.05) is 6.54 Å². The number of nitrogens with two attached hydrogens (primary N) is 1. The summed E-state index contributed by atoms with van der Waals surface area (Å²) in [5, 5.41) is 6.63. The van der Waals surface area contributed by atoms with Gasteiger partial charge in [0.1, 0.15) is 0 Å². The number of fused-ring (bicyclic) bond motifs is 2. The van der Waals surface area contributed by atoms with Gasteiger partial charge in [0.25, 0.3) is 0 Å². The van der Waals surface area contributed by atoms with Crippen molar-refractivity contribution in [2.75, 3.05) is 13.1 Å². The highest BCUT2D eigenvalue weighted by atomic mass is 127. The van der Waals surface area contributed by atoms with Crippen LogP contribution in [-0.2, 0) is 9.53 Å². The van der Waals surface area contributed by atoms with Gasteiger partial charge >= 0.3 is 0 Å². The van der Waals surface area contributed by atoms with Crippen molar-refractivity contribution >= 4 is 35.8 Å². The van der Waals surface area contributed by atoms with Gasteiger partial charge < -0.3 is 21.1 Å². The molecule has 0 saturated carbocycles. The predicted octanol–water partition coefficient (Wildman–Crippen LogP) is 0.991. The minimum atomic E-state index is -0.631. The molecule has 2 saturated heterocycles. The highest BCUT2D eigenvalue weighted by Crippen LogP contribution is 2.34. The number of nitrogens with one attached hydrogen (secondary N) is 2. The molecule has 1 amide bonds. The summed E-state index contributed by atoms with van der Waals surface area (Å²) in [5.74, 6) is 0.406. The molecule has 6 nitrogen and oxygen atoms in total. The molecule has 0 spiro atoms. The van der Waals surface area contributed by atoms with Crippen LogP contribution in [0, 0.1) is 5.41 Å². The van der Waals surface area contributed by atoms with Gasteiger partial charge in [0.15, 0.2) is 5.96 Å². The minimum Gasteiger partial charge on any atom is -0.373 e. The number of carbonyl (C=O) groups is 1. The van der Waals surface area contributed by atoms with E-state index in [-0.39, 0.29) is 29.9 Å². The maximum absolute atomic E-state index is 11.3. The van der Waals surface area contributed by atoms with E-state index in [9.17, 15) is 4.79 Å². The molecular weight excluding hydrogens is 383 g/mol. The Morgan fingerprint density at radius 1 is 1.43 bits per heavy atom. The number of aliphatic imine (C=N–C) groups is 1. The summed E-state index contributed by atoms with van der Waals surface area (Å²) in [6.07, 6.45) is 4.03. The van der Waals surface area contributed by atoms with Crippen molar-refractivity contribution in [3.05, 3.63) is 0 Å². The minimum absolute atomic E-state index is 0. The Hall–Kier alpha value is -0.570. The van der Waals surface area contributed by atoms with Crippen molar-refractivity contribution in [2.24, 2.45) is 16.1 Å². The van der Waals surface area contributed by atoms with E-state index in [2.05, 4.69) is 15.6 Å². The lowest BCUT2D eigenvalue weighted by Crippen LogP contribution is -2.48. The predicted molar refractivity (Wildman–Crippen MR) is 93.8 cm³/mol. The number of amides is 1. The Bertz CT molecular complexity index is 400. The summed E-state index contributed by atoms with van der Waals surface area (Å²) in [7, 11) is 0. The Balaban J connectivity index is 0.00000220. The maximum Gasteiger partial charge on any atom is 0.224 e. The molecule has 0 aliphatic carbocycles. The summed E-state index contributed by atoms with van der Waals surface area (Å²) in [4.78, 5) is 15.8. The lowest BCUT2D eigenvalue weighted by atomic mass is 9.93. The first-order chi connectivity index (χ1) is 9.42. The van der Waals surface area contributed by atoms with Crippen LogP contribution < -0.4 is 16.4 Å².